The van der Waals surface area contributed by atoms with Gasteiger partial charge in [-0.2, -0.15) is 0 Å². The normalized spacial score (nSPS) is 17.6. The number of ether oxygens (including phenoxy) is 1. The molecule has 2 N–H and O–H groups in total. The van der Waals surface area contributed by atoms with E-state index in [2.05, 4.69) is 29.6 Å². The third-order valence-electron chi connectivity index (χ3n) is 7.35. The summed E-state index contributed by atoms with van der Waals surface area (Å²) < 4.78 is 5.67. The van der Waals surface area contributed by atoms with Crippen LogP contribution in [0.1, 0.15) is 63.0 Å². The van der Waals surface area contributed by atoms with Crippen molar-refractivity contribution in [1.82, 2.24) is 10.2 Å². The number of hydrogen-bond acceptors (Lipinski definition) is 4. The number of carboxylic acid groups (broad SMARTS) is 1. The van der Waals surface area contributed by atoms with Crippen molar-refractivity contribution >= 4 is 18.0 Å². The van der Waals surface area contributed by atoms with Gasteiger partial charge in [-0.3, -0.25) is 4.79 Å². The Kier molecular flexibility index (Phi) is 6.91. The summed E-state index contributed by atoms with van der Waals surface area (Å²) in [4.78, 5) is 39.6. The van der Waals surface area contributed by atoms with Gasteiger partial charge in [-0.05, 0) is 54.4 Å². The van der Waals surface area contributed by atoms with E-state index in [1.807, 2.05) is 38.1 Å². The number of amides is 2. The molecule has 1 atom stereocenters. The molecule has 1 aliphatic heterocycles. The van der Waals surface area contributed by atoms with Gasteiger partial charge in [0.25, 0.3) is 0 Å². The topological polar surface area (TPSA) is 95.9 Å². The summed E-state index contributed by atoms with van der Waals surface area (Å²) in [5.41, 5.74) is 3.31. The number of aliphatic carboxylic acids is 1. The van der Waals surface area contributed by atoms with Crippen molar-refractivity contribution in [2.75, 3.05) is 13.2 Å². The van der Waals surface area contributed by atoms with Crippen LogP contribution in [0.2, 0.25) is 0 Å². The minimum Gasteiger partial charge on any atom is -0.480 e. The van der Waals surface area contributed by atoms with Gasteiger partial charge in [0.05, 0.1) is 0 Å². The molecule has 180 valence electrons. The lowest BCUT2D eigenvalue weighted by molar-refractivity contribution is -0.155. The molecule has 1 saturated heterocycles. The number of carbonyl (C=O) groups is 3. The highest BCUT2D eigenvalue weighted by molar-refractivity contribution is 5.93. The number of hydrogen-bond donors (Lipinski definition) is 2. The number of carboxylic acids is 1. The molecule has 0 saturated carbocycles. The van der Waals surface area contributed by atoms with Crippen LogP contribution in [0.15, 0.2) is 48.5 Å². The zero-order chi connectivity index (χ0) is 24.3. The largest absolute Gasteiger partial charge is 0.480 e. The highest BCUT2D eigenvalue weighted by Gasteiger charge is 2.44. The first kappa shape index (κ1) is 23.8. The van der Waals surface area contributed by atoms with E-state index in [-0.39, 0.29) is 18.4 Å². The Morgan fingerprint density at radius 1 is 1.00 bits per heavy atom. The zero-order valence-electron chi connectivity index (χ0n) is 19.8. The number of likely N-dealkylation sites (tertiary alicyclic amines) is 1. The number of alkyl carbamates (subject to hydrolysis) is 1. The molecule has 2 aliphatic rings. The Hall–Kier alpha value is -3.35. The molecule has 1 aliphatic carbocycles. The smallest absolute Gasteiger partial charge is 0.408 e. The van der Waals surface area contributed by atoms with E-state index in [0.29, 0.717) is 25.8 Å². The van der Waals surface area contributed by atoms with E-state index in [1.54, 1.807) is 0 Å². The molecule has 34 heavy (non-hydrogen) atoms. The molecule has 0 aromatic heterocycles. The number of carbonyl (C=O) groups excluding carboxylic acids is 2. The van der Waals surface area contributed by atoms with Gasteiger partial charge >= 0.3 is 12.1 Å². The number of benzene rings is 2. The molecule has 0 unspecified atom stereocenters. The minimum absolute atomic E-state index is 0.0787. The zero-order valence-corrected chi connectivity index (χ0v) is 19.8. The van der Waals surface area contributed by atoms with Crippen LogP contribution in [0.25, 0.3) is 11.1 Å². The van der Waals surface area contributed by atoms with E-state index in [4.69, 9.17) is 4.74 Å². The van der Waals surface area contributed by atoms with Gasteiger partial charge in [-0.1, -0.05) is 62.4 Å². The standard InChI is InChI=1S/C27H32N2O5/c1-3-27(4-2,25(32)29-16-10-9-15-23(29)24(30)31)28-26(33)34-17-22-20-13-7-5-11-18(20)19-12-6-8-14-21(19)22/h5-8,11-14,22-23H,3-4,9-10,15-17H2,1-2H3,(H,28,33)(H,30,31)/t23-/m1/s1. The van der Waals surface area contributed by atoms with E-state index in [1.165, 1.54) is 4.90 Å². The van der Waals surface area contributed by atoms with Gasteiger partial charge in [0, 0.05) is 12.5 Å². The van der Waals surface area contributed by atoms with Crippen LogP contribution in [-0.2, 0) is 14.3 Å². The number of nitrogens with one attached hydrogen (secondary N) is 1. The Labute approximate surface area is 200 Å². The lowest BCUT2D eigenvalue weighted by Gasteiger charge is -2.40. The minimum atomic E-state index is -1.20. The molecule has 0 radical (unpaired) electrons. The maximum absolute atomic E-state index is 13.5. The van der Waals surface area contributed by atoms with Crippen LogP contribution in [0.3, 0.4) is 0 Å². The molecule has 1 heterocycles. The predicted octanol–water partition coefficient (Wildman–Crippen LogP) is 4.55. The van der Waals surface area contributed by atoms with Gasteiger partial charge in [-0.15, -0.1) is 0 Å². The first-order valence-corrected chi connectivity index (χ1v) is 12.1. The number of fused-ring (bicyclic) bond motifs is 3. The van der Waals surface area contributed by atoms with Crippen LogP contribution < -0.4 is 5.32 Å². The van der Waals surface area contributed by atoms with Crippen molar-refractivity contribution in [3.63, 3.8) is 0 Å². The Morgan fingerprint density at radius 3 is 2.15 bits per heavy atom. The second-order valence-electron chi connectivity index (χ2n) is 9.09. The average Bonchev–Trinajstić information content (AvgIpc) is 3.19. The fraction of sp³-hybridized carbons (Fsp3) is 0.444. The van der Waals surface area contributed by atoms with Gasteiger partial charge in [0.2, 0.25) is 5.91 Å². The summed E-state index contributed by atoms with van der Waals surface area (Å²) in [6, 6.07) is 15.3. The van der Waals surface area contributed by atoms with Crippen LogP contribution >= 0.6 is 0 Å². The first-order chi connectivity index (χ1) is 16.4. The maximum atomic E-state index is 13.5. The van der Waals surface area contributed by atoms with Gasteiger partial charge < -0.3 is 20.1 Å². The molecular formula is C27H32N2O5. The number of piperidine rings is 1. The maximum Gasteiger partial charge on any atom is 0.408 e. The third kappa shape index (κ3) is 4.27. The first-order valence-electron chi connectivity index (χ1n) is 12.1. The van der Waals surface area contributed by atoms with E-state index < -0.39 is 23.6 Å². The second-order valence-corrected chi connectivity index (χ2v) is 9.09. The summed E-state index contributed by atoms with van der Waals surface area (Å²) in [5.74, 6) is -1.43. The molecule has 2 aromatic rings. The van der Waals surface area contributed by atoms with Crippen molar-refractivity contribution in [3.05, 3.63) is 59.7 Å². The second kappa shape index (κ2) is 9.87. The SMILES string of the molecule is CCC(CC)(NC(=O)OCC1c2ccccc2-c2ccccc21)C(=O)N1CCCC[C@@H]1C(=O)O. The summed E-state index contributed by atoms with van der Waals surface area (Å²) in [6.45, 7) is 4.18. The highest BCUT2D eigenvalue weighted by atomic mass is 16.5. The predicted molar refractivity (Wildman–Crippen MR) is 129 cm³/mol. The summed E-state index contributed by atoms with van der Waals surface area (Å²) in [6.07, 6.45) is 1.97. The Balaban J connectivity index is 1.49. The number of rotatable bonds is 7. The highest BCUT2D eigenvalue weighted by Crippen LogP contribution is 2.44. The van der Waals surface area contributed by atoms with Crippen molar-refractivity contribution in [1.29, 1.82) is 0 Å². The third-order valence-corrected chi connectivity index (χ3v) is 7.35. The average molecular weight is 465 g/mol. The van der Waals surface area contributed by atoms with Crippen LogP contribution in [0, 0.1) is 0 Å². The quantitative estimate of drug-likeness (QED) is 0.627. The Bertz CT molecular complexity index is 1030. The summed E-state index contributed by atoms with van der Waals surface area (Å²) in [7, 11) is 0. The molecule has 4 rings (SSSR count). The summed E-state index contributed by atoms with van der Waals surface area (Å²) >= 11 is 0. The molecule has 2 aromatic carbocycles. The molecule has 0 spiro atoms. The molecule has 0 bridgehead atoms. The Morgan fingerprint density at radius 2 is 1.59 bits per heavy atom. The van der Waals surface area contributed by atoms with Crippen LogP contribution in [-0.4, -0.2) is 52.7 Å². The van der Waals surface area contributed by atoms with Crippen LogP contribution in [0.4, 0.5) is 4.79 Å². The summed E-state index contributed by atoms with van der Waals surface area (Å²) in [5, 5.41) is 12.4. The fourth-order valence-electron chi connectivity index (χ4n) is 5.32. The lowest BCUT2D eigenvalue weighted by atomic mass is 9.89. The van der Waals surface area contributed by atoms with Crippen molar-refractivity contribution in [2.24, 2.45) is 0 Å². The monoisotopic (exact) mass is 464 g/mol. The molecule has 7 nitrogen and oxygen atoms in total. The molecule has 7 heteroatoms. The van der Waals surface area contributed by atoms with Crippen LogP contribution in [0.5, 0.6) is 0 Å². The van der Waals surface area contributed by atoms with Crippen molar-refractivity contribution < 1.29 is 24.2 Å². The van der Waals surface area contributed by atoms with E-state index in [0.717, 1.165) is 35.1 Å². The van der Waals surface area contributed by atoms with Gasteiger partial charge in [0.15, 0.2) is 0 Å². The molecule has 2 amide bonds. The fourth-order valence-corrected chi connectivity index (χ4v) is 5.32. The van der Waals surface area contributed by atoms with Gasteiger partial charge in [-0.25, -0.2) is 9.59 Å². The van der Waals surface area contributed by atoms with E-state index >= 15 is 0 Å². The van der Waals surface area contributed by atoms with Crippen molar-refractivity contribution in [3.8, 4) is 11.1 Å². The lowest BCUT2D eigenvalue weighted by Crippen LogP contribution is -2.62. The number of nitrogens with zero attached hydrogens (tertiary/aromatic N) is 1. The molecular weight excluding hydrogens is 432 g/mol. The molecule has 1 fully saturated rings. The van der Waals surface area contributed by atoms with Gasteiger partial charge in [0.1, 0.15) is 18.2 Å². The van der Waals surface area contributed by atoms with Crippen molar-refractivity contribution in [2.45, 2.75) is 63.5 Å². The van der Waals surface area contributed by atoms with E-state index in [9.17, 15) is 19.5 Å².